The van der Waals surface area contributed by atoms with Crippen LogP contribution in [0.2, 0.25) is 0 Å². The molecule has 6 heterocycles. The molecule has 14 heteroatoms. The molecule has 0 saturated carbocycles. The Labute approximate surface area is 604 Å². The highest BCUT2D eigenvalue weighted by atomic mass is 32.1. The van der Waals surface area contributed by atoms with Crippen LogP contribution in [-0.4, -0.2) is 83.5 Å². The number of aryl methyl sites for hydroxylation is 4. The van der Waals surface area contributed by atoms with Crippen molar-refractivity contribution in [3.05, 3.63) is 240 Å². The zero-order valence-electron chi connectivity index (χ0n) is 59.0. The van der Waals surface area contributed by atoms with Gasteiger partial charge in [-0.25, -0.2) is 9.59 Å². The summed E-state index contributed by atoms with van der Waals surface area (Å²) in [4.78, 5) is 89.0. The average Bonchev–Trinajstić information content (AvgIpc) is 1.50. The highest BCUT2D eigenvalue weighted by Gasteiger charge is 2.53. The van der Waals surface area contributed by atoms with Gasteiger partial charge in [-0.05, 0) is 190 Å². The number of urea groups is 2. The van der Waals surface area contributed by atoms with Crippen molar-refractivity contribution in [2.45, 2.75) is 167 Å². The van der Waals surface area contributed by atoms with E-state index in [1.165, 1.54) is 216 Å². The summed E-state index contributed by atoms with van der Waals surface area (Å²) in [6, 6.07) is 54.4. The van der Waals surface area contributed by atoms with Gasteiger partial charge < -0.3 is 0 Å². The number of fused-ring (bicyclic) bond motifs is 6. The zero-order valence-corrected chi connectivity index (χ0v) is 62.3. The van der Waals surface area contributed by atoms with E-state index in [0.29, 0.717) is 9.06 Å². The van der Waals surface area contributed by atoms with Crippen molar-refractivity contribution < 1.29 is 28.8 Å². The number of rotatable bonds is 26. The predicted molar refractivity (Wildman–Crippen MR) is 411 cm³/mol. The fourth-order valence-electron chi connectivity index (χ4n) is 15.6. The van der Waals surface area contributed by atoms with Crippen LogP contribution in [-0.2, 0) is 55.7 Å². The Kier molecular flexibility index (Phi) is 21.0. The standard InChI is InChI=1S/C86H90N4O6S4/c1-9-13-17-21-25-55-29-37-59(38-30-55)85(60-39-31-56(32-40-60)26-22-18-14-10-2)69-53-68-70(54-67(69)77-71(85)51-65(99-77)49-63-45-47-73(97-63)75-79(91)87(5)83(95)88(6)80(75)92)86(61-41-33-57(34-42-61)27-23-19-15-11-3,62-43-35-58(36-44-62)28-24-20-16-12-4)72-52-66(100-78(68)72)50-64-46-48-74(98-64)76-81(93)89(7)84(96)90(8)82(76)94/h29-54H,9-28H2,1-8H3/b63-49+,64-50+. The smallest absolute Gasteiger partial charge is 0.268 e. The molecule has 2 saturated heterocycles. The van der Waals surface area contributed by atoms with Crippen LogP contribution in [0.25, 0.3) is 44.2 Å². The number of benzene rings is 5. The minimum Gasteiger partial charge on any atom is -0.268 e. The van der Waals surface area contributed by atoms with E-state index in [9.17, 15) is 28.8 Å². The average molecular weight is 1400 g/mol. The summed E-state index contributed by atoms with van der Waals surface area (Å²) in [6.07, 6.45) is 27.3. The van der Waals surface area contributed by atoms with Crippen LogP contribution in [0, 0.1) is 0 Å². The van der Waals surface area contributed by atoms with E-state index in [2.05, 4.69) is 161 Å². The van der Waals surface area contributed by atoms with Crippen LogP contribution in [0.15, 0.2) is 146 Å². The molecule has 0 radical (unpaired) electrons. The number of carbonyl (C=O) groups excluding carboxylic acids is 6. The first-order chi connectivity index (χ1) is 48.5. The molecule has 0 bridgehead atoms. The molecule has 5 aromatic carbocycles. The van der Waals surface area contributed by atoms with E-state index >= 15 is 0 Å². The molecule has 2 aliphatic heterocycles. The number of amides is 8. The van der Waals surface area contributed by atoms with Crippen LogP contribution >= 0.6 is 45.3 Å². The fourth-order valence-corrected chi connectivity index (χ4v) is 20.1. The summed E-state index contributed by atoms with van der Waals surface area (Å²) in [6.45, 7) is 9.05. The van der Waals surface area contributed by atoms with Gasteiger partial charge in [-0.2, -0.15) is 0 Å². The molecule has 13 rings (SSSR count). The first-order valence-corrected chi connectivity index (χ1v) is 39.5. The lowest BCUT2D eigenvalue weighted by molar-refractivity contribution is -0.132. The summed E-state index contributed by atoms with van der Waals surface area (Å²) in [5.74, 6) is -2.42. The predicted octanol–water partition coefficient (Wildman–Crippen LogP) is 17.2. The number of barbiturate groups is 2. The molecule has 2 fully saturated rings. The van der Waals surface area contributed by atoms with Crippen LogP contribution in [0.4, 0.5) is 9.59 Å². The summed E-state index contributed by atoms with van der Waals surface area (Å²) in [5, 5.41) is 0. The molecule has 4 aliphatic rings. The highest BCUT2D eigenvalue weighted by Crippen LogP contribution is 2.65. The first kappa shape index (κ1) is 70.1. The van der Waals surface area contributed by atoms with Gasteiger partial charge in [-0.15, -0.1) is 45.3 Å². The van der Waals surface area contributed by atoms with Crippen molar-refractivity contribution in [1.82, 2.24) is 19.6 Å². The van der Waals surface area contributed by atoms with Gasteiger partial charge in [0.05, 0.1) is 10.8 Å². The van der Waals surface area contributed by atoms with E-state index in [1.54, 1.807) is 22.7 Å². The molecule has 0 unspecified atom stereocenters. The molecule has 2 aliphatic carbocycles. The number of carbonyl (C=O) groups is 6. The molecule has 0 atom stereocenters. The molecule has 100 heavy (non-hydrogen) atoms. The van der Waals surface area contributed by atoms with Gasteiger partial charge in [0, 0.05) is 65.8 Å². The van der Waals surface area contributed by atoms with Crippen molar-refractivity contribution in [2.75, 3.05) is 28.2 Å². The van der Waals surface area contributed by atoms with E-state index in [0.717, 1.165) is 89.8 Å². The SMILES string of the molecule is CCCCCCc1ccc(C2(c3ccc(CCCCCC)cc3)c3cc4c(cc3-c3sc(/C=c5\ccc(=C6C(=O)N(C)C(=O)N(C)C6=O)s5)cc32)C(c2ccc(CCCCCC)cc2)(c2ccc(CCCCCC)cc2)c2cc(/C=c3\ccc(=C5C(=O)N(C)C(=O)N(C)C5=O)s3)sc2-4)cc1. The van der Waals surface area contributed by atoms with Crippen molar-refractivity contribution in [2.24, 2.45) is 0 Å². The van der Waals surface area contributed by atoms with E-state index in [-0.39, 0.29) is 11.1 Å². The lowest BCUT2D eigenvalue weighted by Crippen LogP contribution is -2.53. The summed E-state index contributed by atoms with van der Waals surface area (Å²) >= 11 is 6.33. The van der Waals surface area contributed by atoms with E-state index < -0.39 is 46.5 Å². The lowest BCUT2D eigenvalue weighted by atomic mass is 9.65. The van der Waals surface area contributed by atoms with Crippen molar-refractivity contribution in [3.8, 4) is 20.9 Å². The number of thiophene rings is 4. The Balaban J connectivity index is 1.08. The second-order valence-corrected chi connectivity index (χ2v) is 32.1. The Morgan fingerprint density at radius 2 is 0.600 bits per heavy atom. The maximum atomic E-state index is 13.7. The van der Waals surface area contributed by atoms with Gasteiger partial charge in [0.2, 0.25) is 0 Å². The number of imide groups is 4. The van der Waals surface area contributed by atoms with Gasteiger partial charge in [0.15, 0.2) is 0 Å². The minimum atomic E-state index is -0.787. The van der Waals surface area contributed by atoms with Crippen LogP contribution in [0.1, 0.15) is 207 Å². The molecule has 9 aromatic rings. The Morgan fingerprint density at radius 3 is 0.870 bits per heavy atom. The molecule has 514 valence electrons. The first-order valence-electron chi connectivity index (χ1n) is 36.2. The number of unbranched alkanes of at least 4 members (excludes halogenated alkanes) is 12. The Morgan fingerprint density at radius 1 is 0.320 bits per heavy atom. The number of hydrogen-bond donors (Lipinski definition) is 0. The van der Waals surface area contributed by atoms with Crippen molar-refractivity contribution >= 4 is 104 Å². The quantitative estimate of drug-likeness (QED) is 0.0499. The monoisotopic (exact) mass is 1400 g/mol. The molecule has 0 N–H and O–H groups in total. The molecular weight excluding hydrogens is 1310 g/mol. The molecule has 0 spiro atoms. The van der Waals surface area contributed by atoms with Crippen molar-refractivity contribution in [3.63, 3.8) is 0 Å². The summed E-state index contributed by atoms with van der Waals surface area (Å²) in [5.41, 5.74) is 15.7. The molecular formula is C86H90N4O6S4. The minimum absolute atomic E-state index is 0.0107. The highest BCUT2D eigenvalue weighted by molar-refractivity contribution is 7.17. The van der Waals surface area contributed by atoms with Gasteiger partial charge in [0.1, 0.15) is 11.1 Å². The zero-order chi connectivity index (χ0) is 70.0. The molecule has 8 amide bonds. The maximum Gasteiger partial charge on any atom is 0.333 e. The van der Waals surface area contributed by atoms with Gasteiger partial charge in [0.25, 0.3) is 23.6 Å². The van der Waals surface area contributed by atoms with E-state index in [1.807, 2.05) is 24.3 Å². The lowest BCUT2D eigenvalue weighted by Gasteiger charge is -2.35. The Hall–Kier alpha value is -8.40. The van der Waals surface area contributed by atoms with Gasteiger partial charge in [-0.3, -0.25) is 38.8 Å². The number of nitrogens with zero attached hydrogens (tertiary/aromatic N) is 4. The number of hydrogen-bond acceptors (Lipinski definition) is 10. The topological polar surface area (TPSA) is 115 Å². The Bertz CT molecular complexity index is 4400. The second-order valence-electron chi connectivity index (χ2n) is 27.7. The summed E-state index contributed by atoms with van der Waals surface area (Å²) in [7, 11) is 5.67. The molecule has 4 aromatic heterocycles. The van der Waals surface area contributed by atoms with Gasteiger partial charge >= 0.3 is 12.1 Å². The van der Waals surface area contributed by atoms with Crippen LogP contribution < -0.4 is 18.1 Å². The van der Waals surface area contributed by atoms with E-state index in [4.69, 9.17) is 0 Å². The third kappa shape index (κ3) is 12.9. The van der Waals surface area contributed by atoms with Gasteiger partial charge in [-0.1, -0.05) is 202 Å². The third-order valence-electron chi connectivity index (χ3n) is 21.1. The maximum absolute atomic E-state index is 13.7. The molecule has 10 nitrogen and oxygen atoms in total. The van der Waals surface area contributed by atoms with Crippen LogP contribution in [0.3, 0.4) is 0 Å². The second kappa shape index (κ2) is 30.0. The summed E-state index contributed by atoms with van der Waals surface area (Å²) < 4.78 is 2.80. The third-order valence-corrected chi connectivity index (χ3v) is 25.5. The van der Waals surface area contributed by atoms with Crippen LogP contribution in [0.5, 0.6) is 0 Å². The normalized spacial score (nSPS) is 15.9. The van der Waals surface area contributed by atoms with Crippen molar-refractivity contribution in [1.29, 1.82) is 0 Å². The fraction of sp³-hybridized carbons (Fsp3) is 0.349. The largest absolute Gasteiger partial charge is 0.333 e.